The molecule has 2 heterocycles. The second-order valence-corrected chi connectivity index (χ2v) is 8.35. The van der Waals surface area contributed by atoms with Gasteiger partial charge in [0.05, 0.1) is 0 Å². The summed E-state index contributed by atoms with van der Waals surface area (Å²) in [6, 6.07) is 8.83. The molecule has 0 aliphatic carbocycles. The number of hydrogen-bond donors (Lipinski definition) is 1. The van der Waals surface area contributed by atoms with E-state index in [4.69, 9.17) is 0 Å². The van der Waals surface area contributed by atoms with E-state index in [1.54, 1.807) is 0 Å². The van der Waals surface area contributed by atoms with Crippen LogP contribution in [0, 0.1) is 11.6 Å². The Bertz CT molecular complexity index is 923. The first kappa shape index (κ1) is 17.4. The van der Waals surface area contributed by atoms with Gasteiger partial charge in [-0.1, -0.05) is 18.2 Å². The summed E-state index contributed by atoms with van der Waals surface area (Å²) in [5.74, 6) is -2.13. The molecule has 1 fully saturated rings. The molecule has 0 radical (unpaired) electrons. The van der Waals surface area contributed by atoms with Crippen LogP contribution in [0.4, 0.5) is 14.5 Å². The van der Waals surface area contributed by atoms with E-state index in [0.29, 0.717) is 0 Å². The summed E-state index contributed by atoms with van der Waals surface area (Å²) in [7, 11) is -4.26. The molecule has 2 aliphatic rings. The van der Waals surface area contributed by atoms with Crippen molar-refractivity contribution in [3.05, 3.63) is 59.2 Å². The number of rotatable bonds is 3. The molecule has 0 spiro atoms. The smallest absolute Gasteiger partial charge is 0.249 e. The van der Waals surface area contributed by atoms with Gasteiger partial charge in [0.1, 0.15) is 11.6 Å². The van der Waals surface area contributed by atoms with Crippen molar-refractivity contribution in [1.29, 1.82) is 0 Å². The number of piperazine rings is 1. The van der Waals surface area contributed by atoms with Crippen LogP contribution in [0.1, 0.15) is 11.1 Å². The molecule has 26 heavy (non-hydrogen) atoms. The maximum absolute atomic E-state index is 14.0. The summed E-state index contributed by atoms with van der Waals surface area (Å²) in [4.78, 5) is 1.34. The van der Waals surface area contributed by atoms with Crippen molar-refractivity contribution in [1.82, 2.24) is 9.62 Å². The number of halogens is 2. The molecular weight excluding hydrogens is 360 g/mol. The largest absolute Gasteiger partial charge is 0.369 e. The second kappa shape index (κ2) is 6.61. The van der Waals surface area contributed by atoms with Crippen LogP contribution in [-0.2, 0) is 23.1 Å². The van der Waals surface area contributed by atoms with E-state index in [1.165, 1.54) is 0 Å². The molecule has 138 valence electrons. The van der Waals surface area contributed by atoms with Gasteiger partial charge < -0.3 is 10.2 Å². The third-order valence-electron chi connectivity index (χ3n) is 4.90. The predicted octanol–water partition coefficient (Wildman–Crippen LogP) is 2.08. The van der Waals surface area contributed by atoms with Crippen molar-refractivity contribution in [2.24, 2.45) is 0 Å². The maximum Gasteiger partial charge on any atom is 0.249 e. The number of benzene rings is 2. The average molecular weight is 379 g/mol. The van der Waals surface area contributed by atoms with Gasteiger partial charge in [0, 0.05) is 45.0 Å². The molecular formula is C18H19F2N3O2S. The van der Waals surface area contributed by atoms with Crippen LogP contribution < -0.4 is 10.2 Å². The van der Waals surface area contributed by atoms with Crippen molar-refractivity contribution < 1.29 is 17.2 Å². The SMILES string of the molecule is O=S(=O)(c1c(F)cccc1F)N1Cc2cccc(N3CCNCC3)c2C1. The van der Waals surface area contributed by atoms with Crippen LogP contribution in [0.3, 0.4) is 0 Å². The molecule has 0 aromatic heterocycles. The maximum atomic E-state index is 14.0. The molecule has 0 amide bonds. The standard InChI is InChI=1S/C18H19F2N3O2S/c19-15-4-2-5-16(20)18(15)26(24,25)23-11-13-3-1-6-17(14(13)12-23)22-9-7-21-8-10-22/h1-6,21H,7-12H2. The van der Waals surface area contributed by atoms with Crippen molar-refractivity contribution in [3.63, 3.8) is 0 Å². The van der Waals surface area contributed by atoms with Crippen molar-refractivity contribution in [2.45, 2.75) is 18.0 Å². The lowest BCUT2D eigenvalue weighted by Gasteiger charge is -2.31. The highest BCUT2D eigenvalue weighted by molar-refractivity contribution is 7.89. The minimum Gasteiger partial charge on any atom is -0.369 e. The lowest BCUT2D eigenvalue weighted by Crippen LogP contribution is -2.44. The Morgan fingerprint density at radius 2 is 1.58 bits per heavy atom. The zero-order chi connectivity index (χ0) is 18.3. The summed E-state index contributed by atoms with van der Waals surface area (Å²) in [5, 5.41) is 3.29. The van der Waals surface area contributed by atoms with Gasteiger partial charge in [-0.15, -0.1) is 0 Å². The zero-order valence-electron chi connectivity index (χ0n) is 14.1. The van der Waals surface area contributed by atoms with E-state index in [1.807, 2.05) is 18.2 Å². The van der Waals surface area contributed by atoms with Crippen LogP contribution in [0.25, 0.3) is 0 Å². The second-order valence-electron chi connectivity index (χ2n) is 6.48. The predicted molar refractivity (Wildman–Crippen MR) is 94.3 cm³/mol. The van der Waals surface area contributed by atoms with Gasteiger partial charge in [-0.05, 0) is 29.3 Å². The summed E-state index contributed by atoms with van der Waals surface area (Å²) in [6.45, 7) is 3.64. The first-order valence-corrected chi connectivity index (χ1v) is 9.93. The Morgan fingerprint density at radius 1 is 0.923 bits per heavy atom. The van der Waals surface area contributed by atoms with Crippen LogP contribution in [-0.4, -0.2) is 38.9 Å². The highest BCUT2D eigenvalue weighted by Crippen LogP contribution is 2.35. The third-order valence-corrected chi connectivity index (χ3v) is 6.75. The fourth-order valence-corrected chi connectivity index (χ4v) is 5.10. The van der Waals surface area contributed by atoms with E-state index >= 15 is 0 Å². The van der Waals surface area contributed by atoms with Crippen LogP contribution in [0.5, 0.6) is 0 Å². The molecule has 0 unspecified atom stereocenters. The Kier molecular flexibility index (Phi) is 4.42. The average Bonchev–Trinajstić information content (AvgIpc) is 3.07. The summed E-state index contributed by atoms with van der Waals surface area (Å²) in [6.07, 6.45) is 0. The molecule has 2 aliphatic heterocycles. The summed E-state index contributed by atoms with van der Waals surface area (Å²) >= 11 is 0. The van der Waals surface area contributed by atoms with Gasteiger partial charge in [0.2, 0.25) is 10.0 Å². The quantitative estimate of drug-likeness (QED) is 0.887. The summed E-state index contributed by atoms with van der Waals surface area (Å²) in [5.41, 5.74) is 2.78. The fraction of sp³-hybridized carbons (Fsp3) is 0.333. The topological polar surface area (TPSA) is 52.7 Å². The van der Waals surface area contributed by atoms with Gasteiger partial charge in [-0.3, -0.25) is 0 Å². The number of hydrogen-bond acceptors (Lipinski definition) is 4. The molecule has 2 aromatic rings. The lowest BCUT2D eigenvalue weighted by molar-refractivity contribution is 0.419. The Morgan fingerprint density at radius 3 is 2.27 bits per heavy atom. The molecule has 2 aromatic carbocycles. The van der Waals surface area contributed by atoms with E-state index in [2.05, 4.69) is 10.2 Å². The highest BCUT2D eigenvalue weighted by atomic mass is 32.2. The Hall–Kier alpha value is -2.03. The first-order valence-electron chi connectivity index (χ1n) is 8.49. The molecule has 5 nitrogen and oxygen atoms in total. The molecule has 8 heteroatoms. The normalized spacial score (nSPS) is 18.2. The van der Waals surface area contributed by atoms with E-state index in [-0.39, 0.29) is 13.1 Å². The van der Waals surface area contributed by atoms with Gasteiger partial charge >= 0.3 is 0 Å². The van der Waals surface area contributed by atoms with Crippen molar-refractivity contribution >= 4 is 15.7 Å². The van der Waals surface area contributed by atoms with E-state index in [9.17, 15) is 17.2 Å². The minimum atomic E-state index is -4.26. The highest BCUT2D eigenvalue weighted by Gasteiger charge is 2.36. The Labute approximate surface area is 151 Å². The number of sulfonamides is 1. The molecule has 0 saturated carbocycles. The molecule has 0 bridgehead atoms. The molecule has 4 rings (SSSR count). The molecule has 1 saturated heterocycles. The van der Waals surface area contributed by atoms with Crippen molar-refractivity contribution in [2.75, 3.05) is 31.1 Å². The minimum absolute atomic E-state index is 0.116. The van der Waals surface area contributed by atoms with Gasteiger partial charge in [-0.2, -0.15) is 4.31 Å². The van der Waals surface area contributed by atoms with Gasteiger partial charge in [-0.25, -0.2) is 17.2 Å². The number of nitrogens with one attached hydrogen (secondary N) is 1. The fourth-order valence-electron chi connectivity index (χ4n) is 3.60. The van der Waals surface area contributed by atoms with Crippen molar-refractivity contribution in [3.8, 4) is 0 Å². The van der Waals surface area contributed by atoms with Gasteiger partial charge in [0.15, 0.2) is 4.90 Å². The third kappa shape index (κ3) is 2.87. The number of fused-ring (bicyclic) bond motifs is 1. The van der Waals surface area contributed by atoms with E-state index in [0.717, 1.165) is 65.5 Å². The van der Waals surface area contributed by atoms with Gasteiger partial charge in [0.25, 0.3) is 0 Å². The summed E-state index contributed by atoms with van der Waals surface area (Å²) < 4.78 is 54.9. The van der Waals surface area contributed by atoms with Crippen LogP contribution in [0.15, 0.2) is 41.3 Å². The number of nitrogens with zero attached hydrogens (tertiary/aromatic N) is 2. The Balaban J connectivity index is 1.69. The molecule has 1 N–H and O–H groups in total. The number of anilines is 1. The monoisotopic (exact) mass is 379 g/mol. The lowest BCUT2D eigenvalue weighted by atomic mass is 10.1. The van der Waals surface area contributed by atoms with Crippen LogP contribution >= 0.6 is 0 Å². The molecule has 0 atom stereocenters. The first-order chi connectivity index (χ1) is 12.5. The van der Waals surface area contributed by atoms with Crippen LogP contribution in [0.2, 0.25) is 0 Å². The van der Waals surface area contributed by atoms with E-state index < -0.39 is 26.6 Å². The zero-order valence-corrected chi connectivity index (χ0v) is 14.9.